The molecule has 3 rings (SSSR count). The van der Waals surface area contributed by atoms with Crippen molar-refractivity contribution in [2.45, 2.75) is 0 Å². The summed E-state index contributed by atoms with van der Waals surface area (Å²) >= 11 is 0. The van der Waals surface area contributed by atoms with E-state index in [4.69, 9.17) is 5.73 Å². The van der Waals surface area contributed by atoms with Gasteiger partial charge in [0.1, 0.15) is 12.3 Å². The number of nitrogens with zero attached hydrogens (tertiary/aromatic N) is 1. The van der Waals surface area contributed by atoms with Gasteiger partial charge in [-0.25, -0.2) is 0 Å². The van der Waals surface area contributed by atoms with E-state index in [0.29, 0.717) is 17.0 Å². The molecule has 1 amide bonds. The van der Waals surface area contributed by atoms with Crippen molar-refractivity contribution in [3.05, 3.63) is 53.6 Å². The summed E-state index contributed by atoms with van der Waals surface area (Å²) in [5.41, 5.74) is 8.81. The number of benzodiazepines with no additional fused rings is 1. The fourth-order valence-electron chi connectivity index (χ4n) is 2.17. The lowest BCUT2D eigenvalue weighted by molar-refractivity contribution is -0.114. The number of phenolic OH excluding ortho intramolecular Hbond substituents is 1. The van der Waals surface area contributed by atoms with Crippen molar-refractivity contribution in [1.29, 1.82) is 0 Å². The minimum Gasteiger partial charge on any atom is -0.506 e. The van der Waals surface area contributed by atoms with E-state index in [1.165, 1.54) is 6.07 Å². The number of anilines is 2. The maximum absolute atomic E-state index is 11.7. The number of amides is 1. The van der Waals surface area contributed by atoms with E-state index in [1.54, 1.807) is 6.07 Å². The average molecular weight is 267 g/mol. The zero-order valence-corrected chi connectivity index (χ0v) is 10.6. The molecule has 0 bridgehead atoms. The number of carbonyl (C=O) groups excluding carboxylic acids is 1. The molecule has 1 aliphatic rings. The van der Waals surface area contributed by atoms with Crippen molar-refractivity contribution >= 4 is 23.0 Å². The Morgan fingerprint density at radius 2 is 1.95 bits per heavy atom. The van der Waals surface area contributed by atoms with Crippen LogP contribution in [0.25, 0.3) is 0 Å². The Morgan fingerprint density at radius 1 is 1.20 bits per heavy atom. The molecule has 20 heavy (non-hydrogen) atoms. The number of nitrogen functional groups attached to an aromatic ring is 1. The summed E-state index contributed by atoms with van der Waals surface area (Å²) in [6.45, 7) is 0.0412. The topological polar surface area (TPSA) is 87.7 Å². The van der Waals surface area contributed by atoms with Crippen molar-refractivity contribution in [3.8, 4) is 5.75 Å². The van der Waals surface area contributed by atoms with E-state index in [-0.39, 0.29) is 23.9 Å². The molecular weight excluding hydrogens is 254 g/mol. The molecule has 4 N–H and O–H groups in total. The highest BCUT2D eigenvalue weighted by molar-refractivity contribution is 6.19. The van der Waals surface area contributed by atoms with Crippen LogP contribution in [0.1, 0.15) is 11.1 Å². The molecule has 0 fully saturated rings. The van der Waals surface area contributed by atoms with Crippen molar-refractivity contribution in [1.82, 2.24) is 0 Å². The summed E-state index contributed by atoms with van der Waals surface area (Å²) < 4.78 is 0. The standard InChI is InChI=1S/C15H13N3O2/c16-11-6-10-12(7-13(11)19)18-14(20)8-17-15(10)9-4-2-1-3-5-9/h1-7,19H,8,16H2,(H,18,20). The van der Waals surface area contributed by atoms with Crippen LogP contribution in [0.4, 0.5) is 11.4 Å². The van der Waals surface area contributed by atoms with Crippen LogP contribution in [-0.2, 0) is 4.79 Å². The summed E-state index contributed by atoms with van der Waals surface area (Å²) in [5, 5.41) is 12.4. The Morgan fingerprint density at radius 3 is 2.70 bits per heavy atom. The van der Waals surface area contributed by atoms with Gasteiger partial charge in [0.05, 0.1) is 17.1 Å². The predicted octanol–water partition coefficient (Wildman–Crippen LogP) is 1.76. The fraction of sp³-hybridized carbons (Fsp3) is 0.0667. The van der Waals surface area contributed by atoms with Crippen molar-refractivity contribution in [2.24, 2.45) is 4.99 Å². The van der Waals surface area contributed by atoms with Crippen LogP contribution in [-0.4, -0.2) is 23.3 Å². The Hall–Kier alpha value is -2.82. The summed E-state index contributed by atoms with van der Waals surface area (Å²) in [4.78, 5) is 16.0. The first kappa shape index (κ1) is 12.2. The number of phenols is 1. The lowest BCUT2D eigenvalue weighted by atomic mass is 10.00. The zero-order chi connectivity index (χ0) is 14.1. The van der Waals surface area contributed by atoms with E-state index in [2.05, 4.69) is 10.3 Å². The molecule has 0 aliphatic carbocycles. The van der Waals surface area contributed by atoms with Crippen LogP contribution in [0.2, 0.25) is 0 Å². The fourth-order valence-corrected chi connectivity index (χ4v) is 2.17. The Balaban J connectivity index is 2.22. The number of aromatic hydroxyl groups is 1. The van der Waals surface area contributed by atoms with Crippen LogP contribution in [0.5, 0.6) is 5.75 Å². The summed E-state index contributed by atoms with van der Waals surface area (Å²) in [6.07, 6.45) is 0. The van der Waals surface area contributed by atoms with Gasteiger partial charge in [-0.3, -0.25) is 9.79 Å². The number of hydrogen-bond donors (Lipinski definition) is 3. The van der Waals surface area contributed by atoms with E-state index < -0.39 is 0 Å². The SMILES string of the molecule is Nc1cc2c(cc1O)NC(=O)CN=C2c1ccccc1. The van der Waals surface area contributed by atoms with Crippen molar-refractivity contribution < 1.29 is 9.90 Å². The van der Waals surface area contributed by atoms with Gasteiger partial charge in [-0.1, -0.05) is 30.3 Å². The number of rotatable bonds is 1. The van der Waals surface area contributed by atoms with Crippen LogP contribution >= 0.6 is 0 Å². The maximum Gasteiger partial charge on any atom is 0.246 e. The lowest BCUT2D eigenvalue weighted by Crippen LogP contribution is -2.13. The summed E-state index contributed by atoms with van der Waals surface area (Å²) in [7, 11) is 0. The van der Waals surface area contributed by atoms with Gasteiger partial charge < -0.3 is 16.2 Å². The molecule has 2 aromatic carbocycles. The van der Waals surface area contributed by atoms with E-state index in [1.807, 2.05) is 30.3 Å². The molecule has 2 aromatic rings. The van der Waals surface area contributed by atoms with Gasteiger partial charge in [-0.15, -0.1) is 0 Å². The van der Waals surface area contributed by atoms with Gasteiger partial charge >= 0.3 is 0 Å². The Labute approximate surface area is 115 Å². The molecule has 0 saturated heterocycles. The summed E-state index contributed by atoms with van der Waals surface area (Å²) in [5.74, 6) is -0.278. The van der Waals surface area contributed by atoms with Crippen molar-refractivity contribution in [2.75, 3.05) is 17.6 Å². The van der Waals surface area contributed by atoms with Crippen LogP contribution < -0.4 is 11.1 Å². The maximum atomic E-state index is 11.7. The lowest BCUT2D eigenvalue weighted by Gasteiger charge is -2.12. The van der Waals surface area contributed by atoms with E-state index in [9.17, 15) is 9.90 Å². The number of carbonyl (C=O) groups is 1. The van der Waals surface area contributed by atoms with Crippen LogP contribution in [0, 0.1) is 0 Å². The van der Waals surface area contributed by atoms with Gasteiger partial charge in [0.2, 0.25) is 5.91 Å². The third kappa shape index (κ3) is 2.09. The highest BCUT2D eigenvalue weighted by Crippen LogP contribution is 2.31. The third-order valence-electron chi connectivity index (χ3n) is 3.12. The Kier molecular flexibility index (Phi) is 2.87. The second kappa shape index (κ2) is 4.70. The highest BCUT2D eigenvalue weighted by atomic mass is 16.3. The number of benzene rings is 2. The van der Waals surface area contributed by atoms with E-state index in [0.717, 1.165) is 5.56 Å². The molecule has 1 heterocycles. The molecule has 0 saturated carbocycles. The molecular formula is C15H13N3O2. The average Bonchev–Trinajstić information content (AvgIpc) is 2.59. The number of hydrogen-bond acceptors (Lipinski definition) is 4. The second-order valence-electron chi connectivity index (χ2n) is 4.54. The van der Waals surface area contributed by atoms with Crippen LogP contribution in [0.15, 0.2) is 47.5 Å². The number of aliphatic imine (C=N–C) groups is 1. The molecule has 0 atom stereocenters. The molecule has 0 radical (unpaired) electrons. The molecule has 5 nitrogen and oxygen atoms in total. The van der Waals surface area contributed by atoms with Crippen molar-refractivity contribution in [3.63, 3.8) is 0 Å². The van der Waals surface area contributed by atoms with E-state index >= 15 is 0 Å². The quantitative estimate of drug-likeness (QED) is 0.543. The summed E-state index contributed by atoms with van der Waals surface area (Å²) in [6, 6.07) is 12.6. The van der Waals surface area contributed by atoms with Crippen LogP contribution in [0.3, 0.4) is 0 Å². The minimum absolute atomic E-state index is 0.0412. The monoisotopic (exact) mass is 267 g/mol. The first-order chi connectivity index (χ1) is 9.65. The minimum atomic E-state index is -0.221. The molecule has 0 unspecified atom stereocenters. The normalized spacial score (nSPS) is 14.0. The van der Waals surface area contributed by atoms with Gasteiger partial charge in [0, 0.05) is 17.2 Å². The first-order valence-electron chi connectivity index (χ1n) is 6.18. The number of nitrogens with two attached hydrogens (primary N) is 1. The molecule has 0 spiro atoms. The molecule has 5 heteroatoms. The second-order valence-corrected chi connectivity index (χ2v) is 4.54. The predicted molar refractivity (Wildman–Crippen MR) is 78.1 cm³/mol. The Bertz CT molecular complexity index is 709. The number of fused-ring (bicyclic) bond motifs is 1. The van der Waals surface area contributed by atoms with Gasteiger partial charge in [-0.2, -0.15) is 0 Å². The highest BCUT2D eigenvalue weighted by Gasteiger charge is 2.19. The zero-order valence-electron chi connectivity index (χ0n) is 10.6. The molecule has 1 aliphatic heterocycles. The largest absolute Gasteiger partial charge is 0.506 e. The molecule has 0 aromatic heterocycles. The first-order valence-corrected chi connectivity index (χ1v) is 6.18. The third-order valence-corrected chi connectivity index (χ3v) is 3.12. The van der Waals surface area contributed by atoms with Gasteiger partial charge in [0.15, 0.2) is 0 Å². The van der Waals surface area contributed by atoms with Gasteiger partial charge in [0.25, 0.3) is 0 Å². The molecule has 100 valence electrons. The number of nitrogens with one attached hydrogen (secondary N) is 1. The van der Waals surface area contributed by atoms with Gasteiger partial charge in [-0.05, 0) is 6.07 Å². The smallest absolute Gasteiger partial charge is 0.246 e.